The number of likely N-dealkylation sites (N-methyl/N-ethyl adjacent to an activating group) is 1. The molecule has 0 saturated carbocycles. The maximum atomic E-state index is 13.3. The molecule has 2 amide bonds. The number of rotatable bonds is 10. The van der Waals surface area contributed by atoms with Crippen LogP contribution in [0.3, 0.4) is 0 Å². The van der Waals surface area contributed by atoms with E-state index in [-0.39, 0.29) is 42.9 Å². The topological polar surface area (TPSA) is 99.3 Å². The van der Waals surface area contributed by atoms with Gasteiger partial charge in [-0.3, -0.25) is 4.79 Å². The molecule has 1 fully saturated rings. The molecule has 0 bridgehead atoms. The number of halogens is 3. The zero-order chi connectivity index (χ0) is 31.3. The molecule has 3 rings (SSSR count). The van der Waals surface area contributed by atoms with E-state index >= 15 is 0 Å². The molecule has 42 heavy (non-hydrogen) atoms. The summed E-state index contributed by atoms with van der Waals surface area (Å²) in [6.45, 7) is 6.53. The van der Waals surface area contributed by atoms with Gasteiger partial charge < -0.3 is 19.9 Å². The lowest BCUT2D eigenvalue weighted by atomic mass is 10.1. The average molecular weight is 613 g/mol. The minimum Gasteiger partial charge on any atom is -0.444 e. The van der Waals surface area contributed by atoms with Crippen molar-refractivity contribution in [3.63, 3.8) is 0 Å². The molecule has 9 nitrogen and oxygen atoms in total. The van der Waals surface area contributed by atoms with E-state index in [9.17, 15) is 31.2 Å². The number of nitrogens with zero attached hydrogens (tertiary/aromatic N) is 3. The summed E-state index contributed by atoms with van der Waals surface area (Å²) in [5, 5.41) is 2.70. The molecule has 1 heterocycles. The quantitative estimate of drug-likeness (QED) is 0.429. The second kappa shape index (κ2) is 13.4. The highest BCUT2D eigenvalue weighted by atomic mass is 32.2. The zero-order valence-corrected chi connectivity index (χ0v) is 25.4. The molecule has 232 valence electrons. The van der Waals surface area contributed by atoms with Crippen molar-refractivity contribution in [2.75, 3.05) is 40.3 Å². The van der Waals surface area contributed by atoms with Gasteiger partial charge in [0.15, 0.2) is 0 Å². The number of sulfonamides is 1. The second-order valence-electron chi connectivity index (χ2n) is 11.7. The van der Waals surface area contributed by atoms with E-state index in [0.717, 1.165) is 12.1 Å². The van der Waals surface area contributed by atoms with Crippen LogP contribution in [0.5, 0.6) is 0 Å². The molecule has 13 heteroatoms. The van der Waals surface area contributed by atoms with E-state index in [1.54, 1.807) is 51.9 Å². The number of alkyl carbamates (subject to hydrolysis) is 1. The van der Waals surface area contributed by atoms with Gasteiger partial charge in [0, 0.05) is 32.7 Å². The largest absolute Gasteiger partial charge is 0.444 e. The molecular formula is C29H39F3N4O5S. The fourth-order valence-corrected chi connectivity index (χ4v) is 6.01. The molecule has 0 aromatic heterocycles. The van der Waals surface area contributed by atoms with Crippen LogP contribution in [0.2, 0.25) is 0 Å². The van der Waals surface area contributed by atoms with E-state index in [1.165, 1.54) is 33.5 Å². The van der Waals surface area contributed by atoms with Crippen LogP contribution < -0.4 is 5.32 Å². The predicted molar refractivity (Wildman–Crippen MR) is 152 cm³/mol. The van der Waals surface area contributed by atoms with E-state index < -0.39 is 33.5 Å². The summed E-state index contributed by atoms with van der Waals surface area (Å²) >= 11 is 0. The van der Waals surface area contributed by atoms with Crippen LogP contribution in [0.4, 0.5) is 18.0 Å². The summed E-state index contributed by atoms with van der Waals surface area (Å²) in [4.78, 5) is 28.2. The Balaban J connectivity index is 1.65. The van der Waals surface area contributed by atoms with Crippen molar-refractivity contribution >= 4 is 22.0 Å². The number of benzene rings is 2. The molecule has 2 aromatic carbocycles. The van der Waals surface area contributed by atoms with Crippen molar-refractivity contribution in [1.82, 2.24) is 19.4 Å². The third-order valence-electron chi connectivity index (χ3n) is 6.58. The highest BCUT2D eigenvalue weighted by molar-refractivity contribution is 7.89. The maximum absolute atomic E-state index is 13.3. The maximum Gasteiger partial charge on any atom is 0.416 e. The Morgan fingerprint density at radius 3 is 2.02 bits per heavy atom. The molecule has 2 aromatic rings. The fourth-order valence-electron chi connectivity index (χ4n) is 4.48. The summed E-state index contributed by atoms with van der Waals surface area (Å²) in [6, 6.07) is 10.9. The normalized spacial score (nSPS) is 16.5. The number of hydrogen-bond donors (Lipinski definition) is 1. The summed E-state index contributed by atoms with van der Waals surface area (Å²) in [5.41, 5.74) is -0.175. The highest BCUT2D eigenvalue weighted by Crippen LogP contribution is 2.29. The lowest BCUT2D eigenvalue weighted by Gasteiger charge is -2.25. The summed E-state index contributed by atoms with van der Waals surface area (Å²) in [6.07, 6.45) is -4.40. The number of carbonyl (C=O) groups excluding carboxylic acids is 2. The Morgan fingerprint density at radius 1 is 0.976 bits per heavy atom. The fraction of sp³-hybridized carbons (Fsp3) is 0.517. The van der Waals surface area contributed by atoms with Crippen LogP contribution in [0.25, 0.3) is 0 Å². The van der Waals surface area contributed by atoms with Gasteiger partial charge in [-0.1, -0.05) is 24.3 Å². The molecule has 0 unspecified atom stereocenters. The standard InChI is InChI=1S/C29H39F3N4O5S/c1-28(2,3)41-27(38)33-16-23-14-15-36(19-23)42(39,40)25-12-8-22(9-13-25)18-35(26(37)20-34(4)5)17-21-6-10-24(11-7-21)29(30,31)32/h6-13,23H,14-20H2,1-5H3,(H,33,38)/t23-/m1/s1. The number of nitrogens with one attached hydrogen (secondary N) is 1. The summed E-state index contributed by atoms with van der Waals surface area (Å²) < 4.78 is 72.0. The number of ether oxygens (including phenoxy) is 1. The minimum absolute atomic E-state index is 0.0481. The van der Waals surface area contributed by atoms with Crippen LogP contribution >= 0.6 is 0 Å². The Bertz CT molecular complexity index is 1330. The van der Waals surface area contributed by atoms with Gasteiger partial charge in [0.05, 0.1) is 17.0 Å². The smallest absolute Gasteiger partial charge is 0.416 e. The zero-order valence-electron chi connectivity index (χ0n) is 24.6. The van der Waals surface area contributed by atoms with E-state index in [4.69, 9.17) is 4.74 Å². The van der Waals surface area contributed by atoms with Crippen molar-refractivity contribution in [3.8, 4) is 0 Å². The van der Waals surface area contributed by atoms with Crippen LogP contribution in [0.1, 0.15) is 43.9 Å². The second-order valence-corrected chi connectivity index (χ2v) is 13.7. The summed E-state index contributed by atoms with van der Waals surface area (Å²) in [5.74, 6) is -0.271. The van der Waals surface area contributed by atoms with E-state index in [0.29, 0.717) is 30.6 Å². The SMILES string of the molecule is CN(C)CC(=O)N(Cc1ccc(C(F)(F)F)cc1)Cc1ccc(S(=O)(=O)N2CC[C@H](CNC(=O)OC(C)(C)C)C2)cc1. The Morgan fingerprint density at radius 2 is 1.52 bits per heavy atom. The molecule has 1 aliphatic heterocycles. The number of amides is 2. The third kappa shape index (κ3) is 9.70. The van der Waals surface area contributed by atoms with Crippen molar-refractivity contribution in [2.24, 2.45) is 5.92 Å². The molecular weight excluding hydrogens is 573 g/mol. The lowest BCUT2D eigenvalue weighted by molar-refractivity contribution is -0.137. The average Bonchev–Trinajstić information content (AvgIpc) is 3.36. The number of alkyl halides is 3. The van der Waals surface area contributed by atoms with Crippen LogP contribution in [0, 0.1) is 5.92 Å². The first-order chi connectivity index (χ1) is 19.4. The van der Waals surface area contributed by atoms with Crippen molar-refractivity contribution in [2.45, 2.75) is 57.0 Å². The van der Waals surface area contributed by atoms with Crippen molar-refractivity contribution < 1.29 is 35.9 Å². The van der Waals surface area contributed by atoms with E-state index in [2.05, 4.69) is 5.32 Å². The molecule has 1 N–H and O–H groups in total. The van der Waals surface area contributed by atoms with Crippen molar-refractivity contribution in [1.29, 1.82) is 0 Å². The molecule has 0 radical (unpaired) electrons. The van der Waals surface area contributed by atoms with Crippen LogP contribution in [0.15, 0.2) is 53.4 Å². The highest BCUT2D eigenvalue weighted by Gasteiger charge is 2.33. The molecule has 1 atom stereocenters. The lowest BCUT2D eigenvalue weighted by Crippen LogP contribution is -2.37. The van der Waals surface area contributed by atoms with Gasteiger partial charge in [-0.05, 0) is 82.6 Å². The summed E-state index contributed by atoms with van der Waals surface area (Å²) in [7, 11) is -0.290. The monoisotopic (exact) mass is 612 g/mol. The Kier molecular flexibility index (Phi) is 10.7. The molecule has 1 saturated heterocycles. The molecule has 0 spiro atoms. The Hall–Kier alpha value is -3.16. The third-order valence-corrected chi connectivity index (χ3v) is 8.46. The number of carbonyl (C=O) groups is 2. The van der Waals surface area contributed by atoms with E-state index in [1.807, 2.05) is 0 Å². The molecule has 0 aliphatic carbocycles. The Labute approximate surface area is 245 Å². The first kappa shape index (κ1) is 33.3. The van der Waals surface area contributed by atoms with Gasteiger partial charge in [-0.15, -0.1) is 0 Å². The predicted octanol–water partition coefficient (Wildman–Crippen LogP) is 4.33. The van der Waals surface area contributed by atoms with Crippen LogP contribution in [-0.4, -0.2) is 80.4 Å². The van der Waals surface area contributed by atoms with Gasteiger partial charge >= 0.3 is 12.3 Å². The first-order valence-corrected chi connectivity index (χ1v) is 15.0. The van der Waals surface area contributed by atoms with Crippen molar-refractivity contribution in [3.05, 3.63) is 65.2 Å². The first-order valence-electron chi connectivity index (χ1n) is 13.6. The van der Waals surface area contributed by atoms with Gasteiger partial charge in [0.1, 0.15) is 5.60 Å². The van der Waals surface area contributed by atoms with Crippen LogP contribution in [-0.2, 0) is 38.8 Å². The number of hydrogen-bond acceptors (Lipinski definition) is 6. The molecule has 1 aliphatic rings. The van der Waals surface area contributed by atoms with Gasteiger partial charge in [0.25, 0.3) is 0 Å². The minimum atomic E-state index is -4.45. The van der Waals surface area contributed by atoms with Gasteiger partial charge in [0.2, 0.25) is 15.9 Å². The van der Waals surface area contributed by atoms with Gasteiger partial charge in [-0.2, -0.15) is 17.5 Å². The van der Waals surface area contributed by atoms with Gasteiger partial charge in [-0.25, -0.2) is 13.2 Å².